The number of nitrogens with one attached hydrogen (secondary N) is 2. The Morgan fingerprint density at radius 2 is 1.56 bits per heavy atom. The Balaban J connectivity index is 1.54. The summed E-state index contributed by atoms with van der Waals surface area (Å²) in [5.74, 6) is 1.60. The molecule has 1 heterocycles. The van der Waals surface area contributed by atoms with Crippen LogP contribution in [0.5, 0.6) is 11.5 Å². The highest BCUT2D eigenvalue weighted by atomic mass is 16.6. The summed E-state index contributed by atoms with van der Waals surface area (Å²) < 4.78 is 10.9. The van der Waals surface area contributed by atoms with Gasteiger partial charge >= 0.3 is 0 Å². The maximum atomic E-state index is 10.8. The van der Waals surface area contributed by atoms with Crippen LogP contribution in [-0.2, 0) is 13.1 Å². The average Bonchev–Trinajstić information content (AvgIpc) is 2.69. The predicted molar refractivity (Wildman–Crippen MR) is 101 cm³/mol. The topological polar surface area (TPSA) is 70.5 Å². The molecule has 7 heteroatoms. The molecule has 2 N–H and O–H groups in total. The summed E-state index contributed by atoms with van der Waals surface area (Å²) in [6.45, 7) is 6.17. The highest BCUT2D eigenvalue weighted by Crippen LogP contribution is 2.30. The molecule has 0 radical (unpaired) electrons. The van der Waals surface area contributed by atoms with Crippen LogP contribution in [0.4, 0.5) is 5.69 Å². The fourth-order valence-electron chi connectivity index (χ4n) is 3.70. The van der Waals surface area contributed by atoms with Crippen LogP contribution in [0.3, 0.4) is 0 Å². The number of hydrogen-bond acceptors (Lipinski definition) is 4. The van der Waals surface area contributed by atoms with E-state index in [4.69, 9.17) is 9.47 Å². The predicted octanol–water partition coefficient (Wildman–Crippen LogP) is 0.0956. The van der Waals surface area contributed by atoms with Gasteiger partial charge in [0, 0.05) is 17.7 Å². The van der Waals surface area contributed by atoms with E-state index in [1.165, 1.54) is 15.4 Å². The average molecular weight is 373 g/mol. The molecule has 0 bridgehead atoms. The second kappa shape index (κ2) is 8.83. The zero-order valence-corrected chi connectivity index (χ0v) is 15.9. The summed E-state index contributed by atoms with van der Waals surface area (Å²) >= 11 is 0. The van der Waals surface area contributed by atoms with E-state index in [1.54, 1.807) is 26.4 Å². The molecule has 27 heavy (non-hydrogen) atoms. The number of nitro groups is 1. The lowest BCUT2D eigenvalue weighted by Crippen LogP contribution is -3.27. The maximum absolute atomic E-state index is 10.8. The van der Waals surface area contributed by atoms with Crippen LogP contribution in [0.15, 0.2) is 42.5 Å². The van der Waals surface area contributed by atoms with Crippen molar-refractivity contribution >= 4 is 5.69 Å². The molecule has 0 aromatic heterocycles. The smallest absolute Gasteiger partial charge is 0.269 e. The number of hydrogen-bond donors (Lipinski definition) is 2. The van der Waals surface area contributed by atoms with E-state index in [0.29, 0.717) is 0 Å². The van der Waals surface area contributed by atoms with Crippen LogP contribution in [0.25, 0.3) is 0 Å². The van der Waals surface area contributed by atoms with Gasteiger partial charge in [-0.15, -0.1) is 0 Å². The van der Waals surface area contributed by atoms with Gasteiger partial charge in [0.1, 0.15) is 39.3 Å². The van der Waals surface area contributed by atoms with Gasteiger partial charge in [0.25, 0.3) is 5.69 Å². The molecule has 1 aliphatic heterocycles. The first-order chi connectivity index (χ1) is 13.1. The van der Waals surface area contributed by atoms with Crippen LogP contribution in [0.1, 0.15) is 11.1 Å². The number of benzene rings is 2. The molecule has 0 amide bonds. The summed E-state index contributed by atoms with van der Waals surface area (Å²) in [6, 6.07) is 12.9. The fourth-order valence-corrected chi connectivity index (χ4v) is 3.70. The first-order valence-electron chi connectivity index (χ1n) is 9.21. The maximum Gasteiger partial charge on any atom is 0.269 e. The number of non-ortho nitro benzene ring substituents is 1. The standard InChI is InChI=1S/C20H25N3O4/c1-26-19-5-3-4-17(20(19)27-2)15-22-12-10-21(11-13-22)14-16-6-8-18(9-7-16)23(24)25/h3-9H,10-15H2,1-2H3/p+2. The monoisotopic (exact) mass is 373 g/mol. The SMILES string of the molecule is COc1cccc(C[NH+]2CC[NH+](Cc3ccc([N+](=O)[O-])cc3)CC2)c1OC. The van der Waals surface area contributed by atoms with E-state index >= 15 is 0 Å². The lowest BCUT2D eigenvalue weighted by Gasteiger charge is -2.30. The molecule has 2 aromatic carbocycles. The lowest BCUT2D eigenvalue weighted by atomic mass is 10.1. The molecule has 3 rings (SSSR count). The number of quaternary nitrogens is 2. The number of piperazine rings is 1. The van der Waals surface area contributed by atoms with Gasteiger partial charge in [0.2, 0.25) is 0 Å². The Morgan fingerprint density at radius 3 is 2.11 bits per heavy atom. The van der Waals surface area contributed by atoms with Crippen LogP contribution in [0.2, 0.25) is 0 Å². The number of nitrogens with zero attached hydrogens (tertiary/aromatic N) is 1. The van der Waals surface area contributed by atoms with Crippen molar-refractivity contribution in [2.75, 3.05) is 40.4 Å². The van der Waals surface area contributed by atoms with E-state index < -0.39 is 0 Å². The van der Waals surface area contributed by atoms with Crippen molar-refractivity contribution in [3.05, 3.63) is 63.7 Å². The Morgan fingerprint density at radius 1 is 0.926 bits per heavy atom. The van der Waals surface area contributed by atoms with E-state index in [1.807, 2.05) is 24.3 Å². The third-order valence-electron chi connectivity index (χ3n) is 5.19. The molecule has 0 atom stereocenters. The number of rotatable bonds is 7. The summed E-state index contributed by atoms with van der Waals surface area (Å²) in [6.07, 6.45) is 0. The third-order valence-corrected chi connectivity index (χ3v) is 5.19. The molecule has 0 saturated carbocycles. The first kappa shape index (κ1) is 19.1. The van der Waals surface area contributed by atoms with Crippen molar-refractivity contribution in [1.82, 2.24) is 0 Å². The van der Waals surface area contributed by atoms with Crippen LogP contribution < -0.4 is 19.3 Å². The van der Waals surface area contributed by atoms with E-state index in [-0.39, 0.29) is 10.6 Å². The Hall–Kier alpha value is -2.64. The molecule has 0 unspecified atom stereocenters. The van der Waals surface area contributed by atoms with Gasteiger partial charge in [-0.25, -0.2) is 0 Å². The zero-order chi connectivity index (χ0) is 19.2. The highest BCUT2D eigenvalue weighted by Gasteiger charge is 2.25. The van der Waals surface area contributed by atoms with Gasteiger partial charge in [-0.1, -0.05) is 6.07 Å². The Kier molecular flexibility index (Phi) is 6.26. The molecule has 2 aromatic rings. The third kappa shape index (κ3) is 4.75. The van der Waals surface area contributed by atoms with Crippen LogP contribution >= 0.6 is 0 Å². The van der Waals surface area contributed by atoms with Gasteiger partial charge in [0.15, 0.2) is 11.5 Å². The summed E-state index contributed by atoms with van der Waals surface area (Å²) in [4.78, 5) is 13.5. The number of ether oxygens (including phenoxy) is 2. The minimum absolute atomic E-state index is 0.148. The van der Waals surface area contributed by atoms with Gasteiger partial charge < -0.3 is 19.3 Å². The molecular formula is C20H27N3O4+2. The van der Waals surface area contributed by atoms with Crippen molar-refractivity contribution in [2.24, 2.45) is 0 Å². The zero-order valence-electron chi connectivity index (χ0n) is 15.9. The largest absolute Gasteiger partial charge is 0.493 e. The van der Waals surface area contributed by atoms with E-state index in [0.717, 1.165) is 56.3 Å². The van der Waals surface area contributed by atoms with Crippen LogP contribution in [0, 0.1) is 10.1 Å². The number of para-hydroxylation sites is 1. The normalized spacial score (nSPS) is 19.5. The number of nitro benzene ring substituents is 1. The van der Waals surface area contributed by atoms with Crippen LogP contribution in [-0.4, -0.2) is 45.3 Å². The van der Waals surface area contributed by atoms with Gasteiger partial charge in [-0.2, -0.15) is 0 Å². The van der Waals surface area contributed by atoms with Crippen molar-refractivity contribution in [2.45, 2.75) is 13.1 Å². The van der Waals surface area contributed by atoms with Gasteiger partial charge in [0.05, 0.1) is 24.7 Å². The van der Waals surface area contributed by atoms with E-state index in [9.17, 15) is 10.1 Å². The Bertz CT molecular complexity index is 771. The fraction of sp³-hybridized carbons (Fsp3) is 0.400. The molecule has 144 valence electrons. The molecule has 7 nitrogen and oxygen atoms in total. The summed E-state index contributed by atoms with van der Waals surface area (Å²) in [5, 5.41) is 10.8. The lowest BCUT2D eigenvalue weighted by molar-refractivity contribution is -1.02. The summed E-state index contributed by atoms with van der Waals surface area (Å²) in [5.41, 5.74) is 2.47. The second-order valence-electron chi connectivity index (χ2n) is 6.93. The molecule has 1 saturated heterocycles. The van der Waals surface area contributed by atoms with Crippen molar-refractivity contribution in [3.63, 3.8) is 0 Å². The minimum Gasteiger partial charge on any atom is -0.493 e. The second-order valence-corrected chi connectivity index (χ2v) is 6.93. The van der Waals surface area contributed by atoms with Gasteiger partial charge in [-0.3, -0.25) is 10.1 Å². The molecule has 1 fully saturated rings. The minimum atomic E-state index is -0.356. The molecule has 1 aliphatic rings. The van der Waals surface area contributed by atoms with Crippen molar-refractivity contribution in [1.29, 1.82) is 0 Å². The van der Waals surface area contributed by atoms with E-state index in [2.05, 4.69) is 6.07 Å². The van der Waals surface area contributed by atoms with Crippen molar-refractivity contribution < 1.29 is 24.2 Å². The van der Waals surface area contributed by atoms with Crippen molar-refractivity contribution in [3.8, 4) is 11.5 Å². The highest BCUT2D eigenvalue weighted by molar-refractivity contribution is 5.46. The quantitative estimate of drug-likeness (QED) is 0.533. The molecule has 0 aliphatic carbocycles. The summed E-state index contributed by atoms with van der Waals surface area (Å²) in [7, 11) is 3.35. The number of methoxy groups -OCH3 is 2. The van der Waals surface area contributed by atoms with Gasteiger partial charge in [-0.05, 0) is 24.3 Å². The molecular weight excluding hydrogens is 346 g/mol. The first-order valence-corrected chi connectivity index (χ1v) is 9.21. The molecule has 0 spiro atoms. The Labute approximate surface area is 159 Å².